The summed E-state index contributed by atoms with van der Waals surface area (Å²) in [6.45, 7) is 2.56. The third-order valence-corrected chi connectivity index (χ3v) is 2.04. The molecule has 0 aromatic heterocycles. The van der Waals surface area contributed by atoms with E-state index < -0.39 is 0 Å². The van der Waals surface area contributed by atoms with Gasteiger partial charge in [0.05, 0.1) is 12.2 Å². The van der Waals surface area contributed by atoms with E-state index in [9.17, 15) is 4.39 Å². The Balaban J connectivity index is 2.85. The van der Waals surface area contributed by atoms with E-state index in [-0.39, 0.29) is 5.82 Å². The Bertz CT molecular complexity index is 393. The number of hydrogen-bond donors (Lipinski definition) is 0. The maximum Gasteiger partial charge on any atom is 0.137 e. The molecule has 3 heteroatoms. The van der Waals surface area contributed by atoms with Gasteiger partial charge < -0.3 is 4.74 Å². The van der Waals surface area contributed by atoms with Gasteiger partial charge in [0.2, 0.25) is 0 Å². The first-order valence-corrected chi connectivity index (χ1v) is 5.78. The van der Waals surface area contributed by atoms with Crippen molar-refractivity contribution in [1.82, 2.24) is 0 Å². The van der Waals surface area contributed by atoms with E-state index in [4.69, 9.17) is 16.3 Å². The van der Waals surface area contributed by atoms with Crippen molar-refractivity contribution in [3.05, 3.63) is 29.6 Å². The molecular formula is C13H14ClFO. The van der Waals surface area contributed by atoms with Gasteiger partial charge in [0, 0.05) is 18.4 Å². The molecule has 0 aliphatic carbocycles. The van der Waals surface area contributed by atoms with Gasteiger partial charge in [-0.05, 0) is 18.6 Å². The molecule has 1 aromatic carbocycles. The number of hydrogen-bond acceptors (Lipinski definition) is 1. The summed E-state index contributed by atoms with van der Waals surface area (Å²) in [6, 6.07) is 4.37. The van der Waals surface area contributed by atoms with E-state index >= 15 is 0 Å². The average Bonchev–Trinajstić information content (AvgIpc) is 2.29. The maximum absolute atomic E-state index is 13.0. The molecule has 0 N–H and O–H groups in total. The first-order chi connectivity index (χ1) is 7.77. The highest BCUT2D eigenvalue weighted by Gasteiger charge is 2.02. The van der Waals surface area contributed by atoms with Crippen molar-refractivity contribution in [1.29, 1.82) is 0 Å². The molecular weight excluding hydrogens is 227 g/mol. The number of alkyl halides is 1. The van der Waals surface area contributed by atoms with Crippen LogP contribution in [0.25, 0.3) is 0 Å². The minimum absolute atomic E-state index is 0.311. The minimum Gasteiger partial charge on any atom is -0.492 e. The molecule has 1 aromatic rings. The Morgan fingerprint density at radius 1 is 1.44 bits per heavy atom. The summed E-state index contributed by atoms with van der Waals surface area (Å²) < 4.78 is 18.4. The van der Waals surface area contributed by atoms with Crippen molar-refractivity contribution in [3.8, 4) is 17.6 Å². The fraction of sp³-hybridized carbons (Fsp3) is 0.385. The second-order valence-corrected chi connectivity index (χ2v) is 3.61. The van der Waals surface area contributed by atoms with Crippen LogP contribution in [0.5, 0.6) is 5.75 Å². The Morgan fingerprint density at radius 3 is 2.94 bits per heavy atom. The van der Waals surface area contributed by atoms with E-state index in [1.165, 1.54) is 12.1 Å². The van der Waals surface area contributed by atoms with Crippen LogP contribution in [0, 0.1) is 17.7 Å². The number of benzene rings is 1. The average molecular weight is 241 g/mol. The Labute approximate surface area is 101 Å². The molecule has 16 heavy (non-hydrogen) atoms. The van der Waals surface area contributed by atoms with Gasteiger partial charge in [-0.1, -0.05) is 18.8 Å². The summed E-state index contributed by atoms with van der Waals surface area (Å²) in [5.74, 6) is 6.52. The van der Waals surface area contributed by atoms with Crippen LogP contribution in [-0.4, -0.2) is 12.5 Å². The fourth-order valence-corrected chi connectivity index (χ4v) is 1.23. The lowest BCUT2D eigenvalue weighted by Gasteiger charge is -2.06. The molecule has 0 aliphatic heterocycles. The van der Waals surface area contributed by atoms with E-state index in [1.807, 2.05) is 6.92 Å². The molecule has 0 aliphatic rings. The van der Waals surface area contributed by atoms with Gasteiger partial charge in [-0.15, -0.1) is 11.6 Å². The van der Waals surface area contributed by atoms with Crippen LogP contribution in [0.2, 0.25) is 0 Å². The van der Waals surface area contributed by atoms with Gasteiger partial charge in [0.25, 0.3) is 0 Å². The van der Waals surface area contributed by atoms with Crippen LogP contribution in [0.4, 0.5) is 4.39 Å². The lowest BCUT2D eigenvalue weighted by molar-refractivity contribution is 0.315. The van der Waals surface area contributed by atoms with Crippen molar-refractivity contribution < 1.29 is 9.13 Å². The molecule has 0 saturated heterocycles. The molecule has 0 radical (unpaired) electrons. The van der Waals surface area contributed by atoms with E-state index in [2.05, 4.69) is 11.8 Å². The zero-order chi connectivity index (χ0) is 11.8. The normalized spacial score (nSPS) is 9.44. The summed E-state index contributed by atoms with van der Waals surface area (Å²) in [5, 5.41) is 0. The molecule has 0 bridgehead atoms. The van der Waals surface area contributed by atoms with Crippen LogP contribution < -0.4 is 4.74 Å². The lowest BCUT2D eigenvalue weighted by Crippen LogP contribution is -1.97. The van der Waals surface area contributed by atoms with Crippen LogP contribution in [-0.2, 0) is 0 Å². The molecule has 0 saturated carbocycles. The number of ether oxygens (including phenoxy) is 1. The standard InChI is InChI=1S/C13H14ClFO/c1-2-9-16-13-10-12(15)7-6-11(13)5-3-4-8-14/h6-7,10H,2,4,8-9H2,1H3. The highest BCUT2D eigenvalue weighted by molar-refractivity contribution is 6.18. The SMILES string of the molecule is CCCOc1cc(F)ccc1C#CCCCl. The summed E-state index contributed by atoms with van der Waals surface area (Å²) in [5.41, 5.74) is 0.708. The van der Waals surface area contributed by atoms with Gasteiger partial charge in [-0.2, -0.15) is 0 Å². The highest BCUT2D eigenvalue weighted by atomic mass is 35.5. The maximum atomic E-state index is 13.0. The molecule has 0 heterocycles. The number of rotatable bonds is 4. The van der Waals surface area contributed by atoms with Crippen molar-refractivity contribution in [2.45, 2.75) is 19.8 Å². The van der Waals surface area contributed by atoms with E-state index in [0.29, 0.717) is 30.2 Å². The summed E-state index contributed by atoms with van der Waals surface area (Å²) in [7, 11) is 0. The molecule has 1 nitrogen and oxygen atoms in total. The summed E-state index contributed by atoms with van der Waals surface area (Å²) >= 11 is 5.52. The third-order valence-electron chi connectivity index (χ3n) is 1.85. The van der Waals surface area contributed by atoms with E-state index in [1.54, 1.807) is 6.07 Å². The predicted octanol–water partition coefficient (Wildman–Crippen LogP) is 3.59. The van der Waals surface area contributed by atoms with Gasteiger partial charge in [-0.3, -0.25) is 0 Å². The number of halogens is 2. The molecule has 1 rings (SSSR count). The third kappa shape index (κ3) is 4.12. The van der Waals surface area contributed by atoms with Gasteiger partial charge >= 0.3 is 0 Å². The van der Waals surface area contributed by atoms with Crippen LogP contribution in [0.1, 0.15) is 25.3 Å². The van der Waals surface area contributed by atoms with Crippen molar-refractivity contribution >= 4 is 11.6 Å². The zero-order valence-corrected chi connectivity index (χ0v) is 9.98. The van der Waals surface area contributed by atoms with Crippen molar-refractivity contribution in [2.24, 2.45) is 0 Å². The lowest BCUT2D eigenvalue weighted by atomic mass is 10.2. The quantitative estimate of drug-likeness (QED) is 0.577. The molecule has 0 atom stereocenters. The van der Waals surface area contributed by atoms with Crippen molar-refractivity contribution in [3.63, 3.8) is 0 Å². The first kappa shape index (κ1) is 12.9. The Morgan fingerprint density at radius 2 is 2.25 bits per heavy atom. The Hall–Kier alpha value is -1.20. The van der Waals surface area contributed by atoms with Crippen LogP contribution >= 0.6 is 11.6 Å². The predicted molar refractivity (Wildman–Crippen MR) is 64.4 cm³/mol. The smallest absolute Gasteiger partial charge is 0.137 e. The second kappa shape index (κ2) is 7.14. The van der Waals surface area contributed by atoms with Gasteiger partial charge in [0.15, 0.2) is 0 Å². The monoisotopic (exact) mass is 240 g/mol. The van der Waals surface area contributed by atoms with Crippen molar-refractivity contribution in [2.75, 3.05) is 12.5 Å². The minimum atomic E-state index is -0.311. The van der Waals surface area contributed by atoms with Gasteiger partial charge in [0.1, 0.15) is 11.6 Å². The topological polar surface area (TPSA) is 9.23 Å². The summed E-state index contributed by atoms with van der Waals surface area (Å²) in [4.78, 5) is 0. The van der Waals surface area contributed by atoms with Gasteiger partial charge in [-0.25, -0.2) is 4.39 Å². The molecule has 86 valence electrons. The first-order valence-electron chi connectivity index (χ1n) is 5.25. The second-order valence-electron chi connectivity index (χ2n) is 3.23. The molecule has 0 unspecified atom stereocenters. The van der Waals surface area contributed by atoms with E-state index in [0.717, 1.165) is 6.42 Å². The molecule has 0 fully saturated rings. The van der Waals surface area contributed by atoms with Crippen LogP contribution in [0.15, 0.2) is 18.2 Å². The fourth-order valence-electron chi connectivity index (χ4n) is 1.14. The summed E-state index contributed by atoms with van der Waals surface area (Å²) in [6.07, 6.45) is 1.50. The largest absolute Gasteiger partial charge is 0.492 e. The molecule has 0 amide bonds. The molecule has 0 spiro atoms. The van der Waals surface area contributed by atoms with Crippen LogP contribution in [0.3, 0.4) is 0 Å². The highest BCUT2D eigenvalue weighted by Crippen LogP contribution is 2.19. The Kier molecular flexibility index (Phi) is 5.74. The zero-order valence-electron chi connectivity index (χ0n) is 9.22.